The first-order valence-corrected chi connectivity index (χ1v) is 6.59. The number of hydrogen-bond acceptors (Lipinski definition) is 1. The highest BCUT2D eigenvalue weighted by Crippen LogP contribution is 2.29. The molecule has 1 nitrogen and oxygen atoms in total. The third-order valence-electron chi connectivity index (χ3n) is 3.93. The molecule has 1 saturated heterocycles. The second-order valence-corrected chi connectivity index (χ2v) is 5.52. The van der Waals surface area contributed by atoms with E-state index in [2.05, 4.69) is 18.7 Å². The van der Waals surface area contributed by atoms with Crippen molar-refractivity contribution in [1.82, 2.24) is 0 Å². The summed E-state index contributed by atoms with van der Waals surface area (Å²) in [6.07, 6.45) is 2.37. The van der Waals surface area contributed by atoms with Gasteiger partial charge in [-0.1, -0.05) is 19.9 Å². The molecule has 0 radical (unpaired) electrons. The van der Waals surface area contributed by atoms with Crippen molar-refractivity contribution < 1.29 is 4.39 Å². The summed E-state index contributed by atoms with van der Waals surface area (Å²) in [5.41, 5.74) is 1.76. The zero-order chi connectivity index (χ0) is 12.4. The highest BCUT2D eigenvalue weighted by molar-refractivity contribution is 5.49. The van der Waals surface area contributed by atoms with Crippen LogP contribution < -0.4 is 4.90 Å². The van der Waals surface area contributed by atoms with E-state index >= 15 is 0 Å². The van der Waals surface area contributed by atoms with Crippen LogP contribution in [0.25, 0.3) is 0 Å². The lowest BCUT2D eigenvalue weighted by Gasteiger charge is -2.35. The van der Waals surface area contributed by atoms with Gasteiger partial charge in [-0.15, -0.1) is 0 Å². The molecule has 0 unspecified atom stereocenters. The van der Waals surface area contributed by atoms with Crippen molar-refractivity contribution in [2.24, 2.45) is 11.8 Å². The summed E-state index contributed by atoms with van der Waals surface area (Å²) in [6, 6.07) is 5.54. The number of halogens is 1. The van der Waals surface area contributed by atoms with Crippen LogP contribution in [0.4, 0.5) is 10.1 Å². The van der Waals surface area contributed by atoms with E-state index in [1.807, 2.05) is 19.1 Å². The van der Waals surface area contributed by atoms with E-state index in [4.69, 9.17) is 0 Å². The molecule has 1 aliphatic heterocycles. The Bertz CT molecular complexity index is 379. The van der Waals surface area contributed by atoms with Gasteiger partial charge in [0.25, 0.3) is 0 Å². The number of anilines is 1. The molecule has 94 valence electrons. The minimum absolute atomic E-state index is 0.0759. The average molecular weight is 235 g/mol. The molecule has 2 rings (SSSR count). The van der Waals surface area contributed by atoms with Crippen molar-refractivity contribution in [3.8, 4) is 0 Å². The van der Waals surface area contributed by atoms with Crippen LogP contribution >= 0.6 is 0 Å². The second-order valence-electron chi connectivity index (χ2n) is 5.52. The van der Waals surface area contributed by atoms with Crippen molar-refractivity contribution in [2.45, 2.75) is 33.6 Å². The van der Waals surface area contributed by atoms with Gasteiger partial charge in [0.1, 0.15) is 5.82 Å². The number of benzene rings is 1. The fourth-order valence-corrected chi connectivity index (χ4v) is 2.68. The summed E-state index contributed by atoms with van der Waals surface area (Å²) < 4.78 is 13.8. The van der Waals surface area contributed by atoms with Crippen molar-refractivity contribution in [1.29, 1.82) is 0 Å². The molecule has 0 saturated carbocycles. The summed E-state index contributed by atoms with van der Waals surface area (Å²) in [5, 5.41) is 0. The van der Waals surface area contributed by atoms with Gasteiger partial charge in [0.15, 0.2) is 0 Å². The third kappa shape index (κ3) is 2.80. The lowest BCUT2D eigenvalue weighted by molar-refractivity contribution is 0.310. The van der Waals surface area contributed by atoms with Gasteiger partial charge >= 0.3 is 0 Å². The van der Waals surface area contributed by atoms with Crippen LogP contribution in [0.15, 0.2) is 18.2 Å². The molecule has 0 atom stereocenters. The molecule has 1 fully saturated rings. The van der Waals surface area contributed by atoms with Crippen LogP contribution in [-0.2, 0) is 0 Å². The first-order chi connectivity index (χ1) is 8.08. The van der Waals surface area contributed by atoms with Gasteiger partial charge < -0.3 is 4.90 Å². The first-order valence-electron chi connectivity index (χ1n) is 6.59. The van der Waals surface area contributed by atoms with Crippen LogP contribution in [0, 0.1) is 24.6 Å². The van der Waals surface area contributed by atoms with E-state index < -0.39 is 0 Å². The number of hydrogen-bond donors (Lipinski definition) is 0. The van der Waals surface area contributed by atoms with Crippen molar-refractivity contribution >= 4 is 5.69 Å². The van der Waals surface area contributed by atoms with Crippen LogP contribution in [0.1, 0.15) is 32.3 Å². The fourth-order valence-electron chi connectivity index (χ4n) is 2.68. The van der Waals surface area contributed by atoms with E-state index in [9.17, 15) is 4.39 Å². The molecule has 0 bridgehead atoms. The van der Waals surface area contributed by atoms with Crippen LogP contribution in [0.5, 0.6) is 0 Å². The first kappa shape index (κ1) is 12.4. The Balaban J connectivity index is 2.05. The summed E-state index contributed by atoms with van der Waals surface area (Å²) in [5.74, 6) is 1.48. The standard InChI is InChI=1S/C15H22FN/c1-11(2)13-6-8-17(9-7-13)15-5-4-12(3)10-14(15)16/h4-5,10-11,13H,6-9H2,1-3H3. The van der Waals surface area contributed by atoms with Gasteiger partial charge in [0.05, 0.1) is 5.69 Å². The number of aryl methyl sites for hydroxylation is 1. The van der Waals surface area contributed by atoms with Gasteiger partial charge in [0, 0.05) is 13.1 Å². The van der Waals surface area contributed by atoms with E-state index in [-0.39, 0.29) is 5.82 Å². The lowest BCUT2D eigenvalue weighted by Crippen LogP contribution is -2.35. The van der Waals surface area contributed by atoms with Crippen molar-refractivity contribution in [3.05, 3.63) is 29.6 Å². The Hall–Kier alpha value is -1.05. The summed E-state index contributed by atoms with van der Waals surface area (Å²) in [6.45, 7) is 8.48. The Morgan fingerprint density at radius 3 is 2.41 bits per heavy atom. The van der Waals surface area contributed by atoms with Crippen LogP contribution in [-0.4, -0.2) is 13.1 Å². The predicted octanol–water partition coefficient (Wildman–Crippen LogP) is 4.01. The SMILES string of the molecule is Cc1ccc(N2CCC(C(C)C)CC2)c(F)c1. The molecular weight excluding hydrogens is 213 g/mol. The van der Waals surface area contributed by atoms with Crippen LogP contribution in [0.3, 0.4) is 0 Å². The van der Waals surface area contributed by atoms with Crippen molar-refractivity contribution in [3.63, 3.8) is 0 Å². The average Bonchev–Trinajstić information content (AvgIpc) is 2.29. The van der Waals surface area contributed by atoms with Gasteiger partial charge in [-0.25, -0.2) is 4.39 Å². The largest absolute Gasteiger partial charge is 0.369 e. The smallest absolute Gasteiger partial charge is 0.146 e. The number of nitrogens with zero attached hydrogens (tertiary/aromatic N) is 1. The van der Waals surface area contributed by atoms with Gasteiger partial charge in [0.2, 0.25) is 0 Å². The molecule has 1 aromatic carbocycles. The minimum Gasteiger partial charge on any atom is -0.369 e. The molecule has 17 heavy (non-hydrogen) atoms. The summed E-state index contributed by atoms with van der Waals surface area (Å²) >= 11 is 0. The van der Waals surface area contributed by atoms with Crippen molar-refractivity contribution in [2.75, 3.05) is 18.0 Å². The second kappa shape index (κ2) is 5.07. The van der Waals surface area contributed by atoms with E-state index in [0.29, 0.717) is 0 Å². The van der Waals surface area contributed by atoms with E-state index in [1.54, 1.807) is 6.07 Å². The highest BCUT2D eigenvalue weighted by Gasteiger charge is 2.22. The summed E-state index contributed by atoms with van der Waals surface area (Å²) in [7, 11) is 0. The highest BCUT2D eigenvalue weighted by atomic mass is 19.1. The summed E-state index contributed by atoms with van der Waals surface area (Å²) in [4.78, 5) is 2.19. The molecular formula is C15H22FN. The Morgan fingerprint density at radius 1 is 1.24 bits per heavy atom. The Kier molecular flexibility index (Phi) is 3.70. The van der Waals surface area contributed by atoms with Gasteiger partial charge in [-0.3, -0.25) is 0 Å². The lowest BCUT2D eigenvalue weighted by atomic mass is 9.86. The normalized spacial score (nSPS) is 17.8. The molecule has 1 aliphatic rings. The molecule has 0 N–H and O–H groups in total. The number of piperidine rings is 1. The molecule has 1 aromatic rings. The molecule has 0 amide bonds. The fraction of sp³-hybridized carbons (Fsp3) is 0.600. The third-order valence-corrected chi connectivity index (χ3v) is 3.93. The quantitative estimate of drug-likeness (QED) is 0.748. The molecule has 0 spiro atoms. The Morgan fingerprint density at radius 2 is 1.88 bits per heavy atom. The zero-order valence-electron chi connectivity index (χ0n) is 11.0. The van der Waals surface area contributed by atoms with Crippen LogP contribution in [0.2, 0.25) is 0 Å². The minimum atomic E-state index is -0.0759. The Labute approximate surface area is 104 Å². The molecule has 0 aliphatic carbocycles. The maximum absolute atomic E-state index is 13.8. The van der Waals surface area contributed by atoms with Gasteiger partial charge in [-0.05, 0) is 49.3 Å². The molecule has 0 aromatic heterocycles. The maximum Gasteiger partial charge on any atom is 0.146 e. The predicted molar refractivity (Wildman–Crippen MR) is 70.9 cm³/mol. The van der Waals surface area contributed by atoms with Gasteiger partial charge in [-0.2, -0.15) is 0 Å². The van der Waals surface area contributed by atoms with E-state index in [0.717, 1.165) is 36.2 Å². The number of rotatable bonds is 2. The molecule has 2 heteroatoms. The van der Waals surface area contributed by atoms with E-state index in [1.165, 1.54) is 12.8 Å². The zero-order valence-corrected chi connectivity index (χ0v) is 11.0. The molecule has 1 heterocycles. The maximum atomic E-state index is 13.8. The monoisotopic (exact) mass is 235 g/mol. The topological polar surface area (TPSA) is 3.24 Å².